The lowest BCUT2D eigenvalue weighted by Crippen LogP contribution is -2.44. The molecule has 0 bridgehead atoms. The molecule has 0 heterocycles. The molecule has 0 saturated carbocycles. The van der Waals surface area contributed by atoms with Gasteiger partial charge in [0.25, 0.3) is 0 Å². The highest BCUT2D eigenvalue weighted by molar-refractivity contribution is 5.70. The van der Waals surface area contributed by atoms with Crippen LogP contribution in [0.5, 0.6) is 0 Å². The standard InChI is InChI=1S/C4H8O5/c5-1-2(6)3(7)4(8)9/h2-3,5-7H,1H2,(H,8,9)/p-1/t2-,3+/m1/s1. The summed E-state index contributed by atoms with van der Waals surface area (Å²) in [4.78, 5) is 9.67. The summed E-state index contributed by atoms with van der Waals surface area (Å²) in [5, 5.41) is 34.4. The topological polar surface area (TPSA) is 101 Å². The zero-order valence-corrected chi connectivity index (χ0v) is 4.52. The molecule has 0 rings (SSSR count). The van der Waals surface area contributed by atoms with Crippen molar-refractivity contribution in [3.05, 3.63) is 0 Å². The Bertz CT molecular complexity index is 101. The second kappa shape index (κ2) is 3.39. The SMILES string of the molecule is O=C([O-])[C@@H](O)[C@H](O)CO. The van der Waals surface area contributed by atoms with E-state index in [2.05, 4.69) is 0 Å². The lowest BCUT2D eigenvalue weighted by Gasteiger charge is -2.15. The van der Waals surface area contributed by atoms with Crippen LogP contribution >= 0.6 is 0 Å². The van der Waals surface area contributed by atoms with Gasteiger partial charge < -0.3 is 25.2 Å². The van der Waals surface area contributed by atoms with Crippen molar-refractivity contribution < 1.29 is 25.2 Å². The van der Waals surface area contributed by atoms with Crippen molar-refractivity contribution in [1.29, 1.82) is 0 Å². The smallest absolute Gasteiger partial charge is 0.121 e. The zero-order valence-electron chi connectivity index (χ0n) is 4.52. The molecule has 0 aliphatic heterocycles. The van der Waals surface area contributed by atoms with Crippen LogP contribution in [0, 0.1) is 0 Å². The van der Waals surface area contributed by atoms with Gasteiger partial charge in [0.2, 0.25) is 0 Å². The lowest BCUT2D eigenvalue weighted by molar-refractivity contribution is -0.318. The van der Waals surface area contributed by atoms with Crippen LogP contribution < -0.4 is 5.11 Å². The van der Waals surface area contributed by atoms with Crippen LogP contribution in [-0.2, 0) is 4.79 Å². The van der Waals surface area contributed by atoms with E-state index < -0.39 is 24.8 Å². The first kappa shape index (κ1) is 8.35. The van der Waals surface area contributed by atoms with Crippen LogP contribution in [0.25, 0.3) is 0 Å². The quantitative estimate of drug-likeness (QED) is 0.372. The molecule has 2 atom stereocenters. The van der Waals surface area contributed by atoms with Gasteiger partial charge in [0.15, 0.2) is 0 Å². The van der Waals surface area contributed by atoms with Gasteiger partial charge in [-0.3, -0.25) is 0 Å². The number of aliphatic hydroxyl groups excluding tert-OH is 3. The first-order valence-corrected chi connectivity index (χ1v) is 2.27. The van der Waals surface area contributed by atoms with Crippen molar-refractivity contribution in [2.75, 3.05) is 6.61 Å². The molecule has 0 unspecified atom stereocenters. The number of aliphatic hydroxyl groups is 3. The fourth-order valence-electron chi connectivity index (χ4n) is 0.257. The zero-order chi connectivity index (χ0) is 7.44. The van der Waals surface area contributed by atoms with E-state index in [1.54, 1.807) is 0 Å². The van der Waals surface area contributed by atoms with E-state index >= 15 is 0 Å². The first-order valence-electron chi connectivity index (χ1n) is 2.27. The van der Waals surface area contributed by atoms with Crippen LogP contribution in [0.3, 0.4) is 0 Å². The Labute approximate surface area is 51.2 Å². The van der Waals surface area contributed by atoms with E-state index in [-0.39, 0.29) is 0 Å². The van der Waals surface area contributed by atoms with Gasteiger partial charge in [0, 0.05) is 0 Å². The lowest BCUT2D eigenvalue weighted by atomic mass is 10.2. The third-order valence-corrected chi connectivity index (χ3v) is 0.793. The van der Waals surface area contributed by atoms with E-state index in [0.717, 1.165) is 0 Å². The van der Waals surface area contributed by atoms with Crippen molar-refractivity contribution in [1.82, 2.24) is 0 Å². The molecule has 0 fully saturated rings. The highest BCUT2D eigenvalue weighted by atomic mass is 16.4. The molecule has 0 aromatic carbocycles. The molecule has 5 nitrogen and oxygen atoms in total. The number of hydrogen-bond donors (Lipinski definition) is 3. The normalized spacial score (nSPS) is 16.8. The number of carbonyl (C=O) groups is 1. The van der Waals surface area contributed by atoms with Gasteiger partial charge in [-0.2, -0.15) is 0 Å². The summed E-state index contributed by atoms with van der Waals surface area (Å²) in [6.07, 6.45) is -3.66. The molecule has 0 radical (unpaired) electrons. The fraction of sp³-hybridized carbons (Fsp3) is 0.750. The minimum Gasteiger partial charge on any atom is -0.547 e. The van der Waals surface area contributed by atoms with Gasteiger partial charge in [0.05, 0.1) is 12.6 Å². The number of hydrogen-bond acceptors (Lipinski definition) is 5. The molecule has 0 amide bonds. The maximum Gasteiger partial charge on any atom is 0.121 e. The summed E-state index contributed by atoms with van der Waals surface area (Å²) in [6.45, 7) is -0.796. The molecular formula is C4H7O5-. The molecule has 0 aliphatic rings. The highest BCUT2D eigenvalue weighted by Gasteiger charge is 2.14. The minimum absolute atomic E-state index is 0.796. The van der Waals surface area contributed by atoms with Gasteiger partial charge >= 0.3 is 0 Å². The summed E-state index contributed by atoms with van der Waals surface area (Å²) >= 11 is 0. The van der Waals surface area contributed by atoms with E-state index in [9.17, 15) is 9.90 Å². The Morgan fingerprint density at radius 1 is 1.56 bits per heavy atom. The number of carboxylic acids is 1. The Balaban J connectivity index is 3.72. The maximum atomic E-state index is 9.67. The van der Waals surface area contributed by atoms with Crippen molar-refractivity contribution in [3.8, 4) is 0 Å². The maximum absolute atomic E-state index is 9.67. The molecule has 0 aromatic rings. The molecule has 54 valence electrons. The summed E-state index contributed by atoms with van der Waals surface area (Å²) in [5.74, 6) is -1.79. The molecule has 3 N–H and O–H groups in total. The van der Waals surface area contributed by atoms with Gasteiger partial charge in [-0.25, -0.2) is 0 Å². The molecule has 0 aliphatic carbocycles. The third-order valence-electron chi connectivity index (χ3n) is 0.793. The largest absolute Gasteiger partial charge is 0.547 e. The predicted molar refractivity (Wildman–Crippen MR) is 24.1 cm³/mol. The Kier molecular flexibility index (Phi) is 3.15. The summed E-state index contributed by atoms with van der Waals surface area (Å²) < 4.78 is 0. The molecule has 5 heteroatoms. The molecule has 0 aromatic heterocycles. The van der Waals surface area contributed by atoms with Crippen LogP contribution in [0.1, 0.15) is 0 Å². The first-order chi connectivity index (χ1) is 4.09. The Hall–Kier alpha value is -0.650. The molecule has 9 heavy (non-hydrogen) atoms. The van der Waals surface area contributed by atoms with E-state index in [1.165, 1.54) is 0 Å². The fourth-order valence-corrected chi connectivity index (χ4v) is 0.257. The van der Waals surface area contributed by atoms with Crippen LogP contribution in [0.15, 0.2) is 0 Å². The number of rotatable bonds is 3. The average Bonchev–Trinajstić information content (AvgIpc) is 1.84. The number of aliphatic carboxylic acids is 1. The van der Waals surface area contributed by atoms with Gasteiger partial charge in [0.1, 0.15) is 12.2 Å². The number of carboxylic acid groups (broad SMARTS) is 1. The van der Waals surface area contributed by atoms with Crippen molar-refractivity contribution in [3.63, 3.8) is 0 Å². The van der Waals surface area contributed by atoms with Crippen molar-refractivity contribution in [2.24, 2.45) is 0 Å². The van der Waals surface area contributed by atoms with Gasteiger partial charge in [-0.1, -0.05) is 0 Å². The van der Waals surface area contributed by atoms with Gasteiger partial charge in [-0.15, -0.1) is 0 Å². The second-order valence-electron chi connectivity index (χ2n) is 1.51. The predicted octanol–water partition coefficient (Wildman–Crippen LogP) is -3.55. The second-order valence-corrected chi connectivity index (χ2v) is 1.51. The van der Waals surface area contributed by atoms with E-state index in [1.807, 2.05) is 0 Å². The van der Waals surface area contributed by atoms with E-state index in [0.29, 0.717) is 0 Å². The van der Waals surface area contributed by atoms with Crippen molar-refractivity contribution in [2.45, 2.75) is 12.2 Å². The molecule has 0 spiro atoms. The highest BCUT2D eigenvalue weighted by Crippen LogP contribution is 1.88. The van der Waals surface area contributed by atoms with Gasteiger partial charge in [-0.05, 0) is 0 Å². The summed E-state index contributed by atoms with van der Waals surface area (Å²) in [6, 6.07) is 0. The molecular weight excluding hydrogens is 128 g/mol. The number of carbonyl (C=O) groups excluding carboxylic acids is 1. The Morgan fingerprint density at radius 3 is 2.11 bits per heavy atom. The minimum atomic E-state index is -2.00. The monoisotopic (exact) mass is 135 g/mol. The van der Waals surface area contributed by atoms with Crippen LogP contribution in [-0.4, -0.2) is 40.1 Å². The van der Waals surface area contributed by atoms with Crippen LogP contribution in [0.4, 0.5) is 0 Å². The van der Waals surface area contributed by atoms with E-state index in [4.69, 9.17) is 15.3 Å². The summed E-state index contributed by atoms with van der Waals surface area (Å²) in [7, 11) is 0. The molecule has 0 saturated heterocycles. The average molecular weight is 135 g/mol. The van der Waals surface area contributed by atoms with Crippen LogP contribution in [0.2, 0.25) is 0 Å². The third kappa shape index (κ3) is 2.41. The van der Waals surface area contributed by atoms with Crippen molar-refractivity contribution >= 4 is 5.97 Å². The Morgan fingerprint density at radius 2 is 2.00 bits per heavy atom. The summed E-state index contributed by atoms with van der Waals surface area (Å²) in [5.41, 5.74) is 0.